The van der Waals surface area contributed by atoms with E-state index in [4.69, 9.17) is 4.74 Å². The second kappa shape index (κ2) is 8.69. The molecule has 2 aromatic carbocycles. The molecule has 4 rings (SSSR count). The van der Waals surface area contributed by atoms with E-state index in [0.29, 0.717) is 11.3 Å². The molecule has 0 saturated heterocycles. The molecule has 1 aliphatic carbocycles. The number of aryl methyl sites for hydroxylation is 1. The van der Waals surface area contributed by atoms with Crippen LogP contribution in [0.2, 0.25) is 0 Å². The van der Waals surface area contributed by atoms with Crippen LogP contribution in [0.15, 0.2) is 54.7 Å². The van der Waals surface area contributed by atoms with Crippen molar-refractivity contribution in [3.63, 3.8) is 0 Å². The topological polar surface area (TPSA) is 107 Å². The number of aliphatic hydroxyl groups is 2. The highest BCUT2D eigenvalue weighted by molar-refractivity contribution is 5.79. The standard InChI is InChI=1S/C23H25N3O4/c1-14-19(12-25-26-14)22(28)21(27)10-11-24-23(29)30-13-20-17-8-4-2-6-15(17)16-7-3-5-9-18(16)20/h2-9,12,20-22,27-28H,10-11,13H2,1H3,(H,24,29)(H,25,26). The molecule has 156 valence electrons. The summed E-state index contributed by atoms with van der Waals surface area (Å²) in [7, 11) is 0. The van der Waals surface area contributed by atoms with Gasteiger partial charge in [-0.2, -0.15) is 5.10 Å². The van der Waals surface area contributed by atoms with Crippen molar-refractivity contribution in [1.29, 1.82) is 0 Å². The number of nitrogens with zero attached hydrogens (tertiary/aromatic N) is 1. The van der Waals surface area contributed by atoms with Crippen LogP contribution in [0.5, 0.6) is 0 Å². The van der Waals surface area contributed by atoms with Crippen LogP contribution in [0.4, 0.5) is 4.79 Å². The molecule has 4 N–H and O–H groups in total. The van der Waals surface area contributed by atoms with Gasteiger partial charge in [0.15, 0.2) is 0 Å². The summed E-state index contributed by atoms with van der Waals surface area (Å²) in [6.45, 7) is 2.19. The molecule has 1 amide bonds. The summed E-state index contributed by atoms with van der Waals surface area (Å²) in [6, 6.07) is 16.3. The molecule has 0 fully saturated rings. The van der Waals surface area contributed by atoms with Crippen LogP contribution in [-0.2, 0) is 4.74 Å². The SMILES string of the molecule is Cc1[nH]ncc1C(O)C(O)CCNC(=O)OCC1c2ccccc2-c2ccccc21. The molecule has 2 atom stereocenters. The smallest absolute Gasteiger partial charge is 0.407 e. The molecule has 30 heavy (non-hydrogen) atoms. The first-order valence-corrected chi connectivity index (χ1v) is 10.0. The minimum atomic E-state index is -1.06. The van der Waals surface area contributed by atoms with E-state index in [9.17, 15) is 15.0 Å². The molecule has 7 heteroatoms. The Hall–Kier alpha value is -3.16. The number of rotatable bonds is 7. The number of H-pyrrole nitrogens is 1. The van der Waals surface area contributed by atoms with Crippen LogP contribution in [0.3, 0.4) is 0 Å². The van der Waals surface area contributed by atoms with E-state index in [1.807, 2.05) is 24.3 Å². The van der Waals surface area contributed by atoms with E-state index in [1.165, 1.54) is 17.3 Å². The molecular formula is C23H25N3O4. The third kappa shape index (κ3) is 3.94. The number of hydrogen-bond donors (Lipinski definition) is 4. The molecular weight excluding hydrogens is 382 g/mol. The van der Waals surface area contributed by atoms with Crippen molar-refractivity contribution >= 4 is 6.09 Å². The number of amides is 1. The number of aromatic nitrogens is 2. The molecule has 1 aliphatic rings. The minimum Gasteiger partial charge on any atom is -0.449 e. The number of ether oxygens (including phenoxy) is 1. The molecule has 0 saturated carbocycles. The van der Waals surface area contributed by atoms with Crippen LogP contribution in [-0.4, -0.2) is 45.8 Å². The maximum Gasteiger partial charge on any atom is 0.407 e. The lowest BCUT2D eigenvalue weighted by Crippen LogP contribution is -2.30. The number of fused-ring (bicyclic) bond motifs is 3. The summed E-state index contributed by atoms with van der Waals surface area (Å²) >= 11 is 0. The fourth-order valence-electron chi connectivity index (χ4n) is 3.99. The molecule has 0 spiro atoms. The van der Waals surface area contributed by atoms with Gasteiger partial charge in [0.1, 0.15) is 12.7 Å². The molecule has 3 aromatic rings. The Morgan fingerprint density at radius 2 is 1.77 bits per heavy atom. The zero-order valence-electron chi connectivity index (χ0n) is 16.7. The number of benzene rings is 2. The fraction of sp³-hybridized carbons (Fsp3) is 0.304. The van der Waals surface area contributed by atoms with Crippen molar-refractivity contribution < 1.29 is 19.7 Å². The predicted octanol–water partition coefficient (Wildman–Crippen LogP) is 3.04. The third-order valence-corrected chi connectivity index (χ3v) is 5.61. The van der Waals surface area contributed by atoms with E-state index in [0.717, 1.165) is 11.1 Å². The summed E-state index contributed by atoms with van der Waals surface area (Å²) in [6.07, 6.45) is -0.945. The molecule has 1 heterocycles. The van der Waals surface area contributed by atoms with Gasteiger partial charge in [0.2, 0.25) is 0 Å². The fourth-order valence-corrected chi connectivity index (χ4v) is 3.99. The van der Waals surface area contributed by atoms with Gasteiger partial charge in [0.05, 0.1) is 12.3 Å². The van der Waals surface area contributed by atoms with Gasteiger partial charge in [0, 0.05) is 23.7 Å². The number of aromatic amines is 1. The summed E-state index contributed by atoms with van der Waals surface area (Å²) < 4.78 is 5.46. The van der Waals surface area contributed by atoms with Crippen molar-refractivity contribution in [3.05, 3.63) is 77.1 Å². The van der Waals surface area contributed by atoms with Gasteiger partial charge in [-0.3, -0.25) is 5.10 Å². The zero-order valence-corrected chi connectivity index (χ0v) is 16.7. The monoisotopic (exact) mass is 407 g/mol. The highest BCUT2D eigenvalue weighted by Gasteiger charge is 2.29. The number of alkyl carbamates (subject to hydrolysis) is 1. The molecule has 0 bridgehead atoms. The lowest BCUT2D eigenvalue weighted by Gasteiger charge is -2.18. The van der Waals surface area contributed by atoms with Crippen LogP contribution in [0.1, 0.15) is 40.8 Å². The second-order valence-corrected chi connectivity index (χ2v) is 7.50. The highest BCUT2D eigenvalue weighted by Crippen LogP contribution is 2.44. The Morgan fingerprint density at radius 1 is 1.13 bits per heavy atom. The maximum atomic E-state index is 12.2. The summed E-state index contributed by atoms with van der Waals surface area (Å²) in [5, 5.41) is 29.6. The Labute approximate surface area is 174 Å². The van der Waals surface area contributed by atoms with Gasteiger partial charge in [-0.15, -0.1) is 0 Å². The third-order valence-electron chi connectivity index (χ3n) is 5.61. The first kappa shape index (κ1) is 20.1. The number of aliphatic hydroxyl groups excluding tert-OH is 2. The van der Waals surface area contributed by atoms with Crippen molar-refractivity contribution in [2.75, 3.05) is 13.2 Å². The number of carbonyl (C=O) groups excluding carboxylic acids is 1. The Bertz CT molecular complexity index is 987. The van der Waals surface area contributed by atoms with E-state index in [1.54, 1.807) is 6.92 Å². The number of carbonyl (C=O) groups is 1. The molecule has 1 aromatic heterocycles. The Kier molecular flexibility index (Phi) is 5.83. The van der Waals surface area contributed by atoms with E-state index in [-0.39, 0.29) is 25.5 Å². The quantitative estimate of drug-likeness (QED) is 0.482. The van der Waals surface area contributed by atoms with Crippen LogP contribution in [0, 0.1) is 6.92 Å². The summed E-state index contributed by atoms with van der Waals surface area (Å²) in [4.78, 5) is 12.2. The number of nitrogens with one attached hydrogen (secondary N) is 2. The van der Waals surface area contributed by atoms with Gasteiger partial charge >= 0.3 is 6.09 Å². The van der Waals surface area contributed by atoms with E-state index in [2.05, 4.69) is 39.8 Å². The lowest BCUT2D eigenvalue weighted by molar-refractivity contribution is 0.0133. The average molecular weight is 407 g/mol. The molecule has 0 aliphatic heterocycles. The maximum absolute atomic E-state index is 12.2. The van der Waals surface area contributed by atoms with Gasteiger partial charge in [-0.05, 0) is 35.6 Å². The van der Waals surface area contributed by atoms with Gasteiger partial charge in [0.25, 0.3) is 0 Å². The normalized spacial score (nSPS) is 14.6. The van der Waals surface area contributed by atoms with Gasteiger partial charge in [-0.25, -0.2) is 4.79 Å². The van der Waals surface area contributed by atoms with Crippen molar-refractivity contribution in [2.24, 2.45) is 0 Å². The summed E-state index contributed by atoms with van der Waals surface area (Å²) in [5.41, 5.74) is 5.90. The van der Waals surface area contributed by atoms with Crippen LogP contribution >= 0.6 is 0 Å². The molecule has 2 unspecified atom stereocenters. The Morgan fingerprint density at radius 3 is 2.37 bits per heavy atom. The number of hydrogen-bond acceptors (Lipinski definition) is 5. The zero-order chi connectivity index (χ0) is 21.1. The average Bonchev–Trinajstić information content (AvgIpc) is 3.33. The van der Waals surface area contributed by atoms with E-state index < -0.39 is 18.3 Å². The van der Waals surface area contributed by atoms with Gasteiger partial charge < -0.3 is 20.3 Å². The van der Waals surface area contributed by atoms with Crippen molar-refractivity contribution in [3.8, 4) is 11.1 Å². The van der Waals surface area contributed by atoms with Crippen molar-refractivity contribution in [2.45, 2.75) is 31.5 Å². The predicted molar refractivity (Wildman–Crippen MR) is 112 cm³/mol. The highest BCUT2D eigenvalue weighted by atomic mass is 16.5. The van der Waals surface area contributed by atoms with Crippen molar-refractivity contribution in [1.82, 2.24) is 15.5 Å². The van der Waals surface area contributed by atoms with Crippen LogP contribution in [0.25, 0.3) is 11.1 Å². The second-order valence-electron chi connectivity index (χ2n) is 7.50. The first-order valence-electron chi connectivity index (χ1n) is 10.0. The van der Waals surface area contributed by atoms with E-state index >= 15 is 0 Å². The summed E-state index contributed by atoms with van der Waals surface area (Å²) in [5.74, 6) is -0.000344. The first-order chi connectivity index (χ1) is 14.6. The van der Waals surface area contributed by atoms with Gasteiger partial charge in [-0.1, -0.05) is 48.5 Å². The Balaban J connectivity index is 1.29. The lowest BCUT2D eigenvalue weighted by atomic mass is 9.98. The van der Waals surface area contributed by atoms with Crippen LogP contribution < -0.4 is 5.32 Å². The minimum absolute atomic E-state index is 0.000344. The molecule has 0 radical (unpaired) electrons. The molecule has 7 nitrogen and oxygen atoms in total. The largest absolute Gasteiger partial charge is 0.449 e.